The smallest absolute Gasteiger partial charge is 0.668 e. The molecule has 0 aliphatic heterocycles. The number of carbonyl (C=O) groups excluding carboxylic acids is 1. The molecule has 0 heterocycles. The van der Waals surface area contributed by atoms with Crippen molar-refractivity contribution in [3.8, 4) is 11.1 Å². The van der Waals surface area contributed by atoms with E-state index < -0.39 is 0 Å². The number of hydrogen-bond donors (Lipinski definition) is 0. The van der Waals surface area contributed by atoms with Gasteiger partial charge in [0, 0.05) is 15.4 Å². The van der Waals surface area contributed by atoms with Crippen molar-refractivity contribution in [2.24, 2.45) is 5.92 Å². The van der Waals surface area contributed by atoms with Gasteiger partial charge in [0.1, 0.15) is 0 Å². The Kier molecular flexibility index (Phi) is 16.5. The fourth-order valence-corrected chi connectivity index (χ4v) is 3.36. The summed E-state index contributed by atoms with van der Waals surface area (Å²) >= 11 is 0. The average Bonchev–Trinajstić information content (AvgIpc) is 3.02. The Morgan fingerprint density at radius 2 is 1.57 bits per heavy atom. The summed E-state index contributed by atoms with van der Waals surface area (Å²) in [4.78, 5) is 10.5. The molecule has 0 saturated heterocycles. The molecule has 2 aliphatic carbocycles. The number of hydrogen-bond acceptors (Lipinski definition) is 1. The standard InChI is InChI=1S/C13H9.C7H13NO.C2H7Si.2CH3.Hf/c1-3-7-12-10(5-1)9-11-6-2-4-8-13(11)12;8-7(9)6-4-2-1-3-5-6;1-3-2;;;/h1-5,7-8H,9H2;6H,1-5H2,(H2,8,9);3H,1-2H3;2*1H3;/q-1;;;2*-1;+4/p-1. The third-order valence-electron chi connectivity index (χ3n) is 4.59. The fourth-order valence-electron chi connectivity index (χ4n) is 3.36. The number of fused-ring (bicyclic) bond motifs is 3. The number of benzene rings is 2. The van der Waals surface area contributed by atoms with Crippen LogP contribution in [0.3, 0.4) is 0 Å². The third kappa shape index (κ3) is 8.56. The minimum atomic E-state index is -0.352. The quantitative estimate of drug-likeness (QED) is 0.244. The topological polar surface area (TPSA) is 40.9 Å². The van der Waals surface area contributed by atoms with E-state index in [9.17, 15) is 4.79 Å². The molecule has 2 aliphatic rings. The summed E-state index contributed by atoms with van der Waals surface area (Å²) in [5.74, 6) is -0.270. The van der Waals surface area contributed by atoms with Crippen LogP contribution in [0.1, 0.15) is 43.2 Å². The summed E-state index contributed by atoms with van der Waals surface area (Å²) in [5, 5.41) is 0. The molecule has 0 bridgehead atoms. The summed E-state index contributed by atoms with van der Waals surface area (Å²) in [6.07, 6.45) is 6.52. The van der Waals surface area contributed by atoms with Gasteiger partial charge in [0.15, 0.2) is 0 Å². The molecule has 1 amide bonds. The van der Waals surface area contributed by atoms with Crippen molar-refractivity contribution in [3.05, 3.63) is 80.2 Å². The summed E-state index contributed by atoms with van der Waals surface area (Å²) < 4.78 is 0. The zero-order valence-corrected chi connectivity index (χ0v) is 22.6. The predicted molar refractivity (Wildman–Crippen MR) is 121 cm³/mol. The Bertz CT molecular complexity index is 640. The number of nitrogens with one attached hydrogen (secondary N) is 1. The van der Waals surface area contributed by atoms with Crippen molar-refractivity contribution in [2.45, 2.75) is 51.6 Å². The first-order valence-electron chi connectivity index (χ1n) is 9.24. The van der Waals surface area contributed by atoms with Gasteiger partial charge in [0.05, 0.1) is 5.91 Å². The van der Waals surface area contributed by atoms with Gasteiger partial charge in [-0.2, -0.15) is 29.8 Å². The molecule has 1 saturated carbocycles. The molecule has 1 N–H and O–H groups in total. The van der Waals surface area contributed by atoms with Gasteiger partial charge in [-0.15, -0.1) is 5.56 Å². The Hall–Kier alpha value is -1.00. The Labute approximate surface area is 194 Å². The van der Waals surface area contributed by atoms with Gasteiger partial charge >= 0.3 is 25.8 Å². The van der Waals surface area contributed by atoms with Crippen molar-refractivity contribution in [2.75, 3.05) is 0 Å². The van der Waals surface area contributed by atoms with Crippen LogP contribution in [0.5, 0.6) is 0 Å². The third-order valence-corrected chi connectivity index (χ3v) is 4.59. The number of carbonyl (C=O) groups is 1. The molecule has 2 aromatic carbocycles. The first kappa shape index (κ1) is 29.2. The van der Waals surface area contributed by atoms with Crippen molar-refractivity contribution >= 4 is 15.4 Å². The summed E-state index contributed by atoms with van der Waals surface area (Å²) in [7, 11) is 0.750. The van der Waals surface area contributed by atoms with Crippen LogP contribution in [0, 0.1) is 26.8 Å². The molecule has 2 aromatic rings. The van der Waals surface area contributed by atoms with E-state index in [2.05, 4.69) is 55.6 Å². The molecule has 1 fully saturated rings. The SMILES string of the molecule is C[SiH]C.[CH3-].[CH3-].[Hf+4].[NH-]C(=O)C1CCCCC1.[c-]1cccc2c1Cc1ccccc1-2. The van der Waals surface area contributed by atoms with E-state index in [0.717, 1.165) is 41.6 Å². The molecule has 0 atom stereocenters. The first-order chi connectivity index (χ1) is 12.2. The van der Waals surface area contributed by atoms with Crippen molar-refractivity contribution in [1.82, 2.24) is 0 Å². The number of amides is 1. The summed E-state index contributed by atoms with van der Waals surface area (Å²) in [5.41, 5.74) is 12.3. The van der Waals surface area contributed by atoms with Crippen LogP contribution in [0.2, 0.25) is 13.1 Å². The van der Waals surface area contributed by atoms with Crippen molar-refractivity contribution in [3.63, 3.8) is 0 Å². The van der Waals surface area contributed by atoms with Gasteiger partial charge in [0.2, 0.25) is 0 Å². The number of rotatable bonds is 1. The van der Waals surface area contributed by atoms with Crippen LogP contribution in [0.15, 0.2) is 42.5 Å². The van der Waals surface area contributed by atoms with E-state index >= 15 is 0 Å². The summed E-state index contributed by atoms with van der Waals surface area (Å²) in [6.45, 7) is 4.42. The Balaban J connectivity index is 0. The zero-order chi connectivity index (χ0) is 18.1. The summed E-state index contributed by atoms with van der Waals surface area (Å²) in [6, 6.07) is 18.1. The second-order valence-corrected chi connectivity index (χ2v) is 7.83. The normalized spacial score (nSPS) is 13.4. The van der Waals surface area contributed by atoms with Crippen molar-refractivity contribution < 1.29 is 30.6 Å². The van der Waals surface area contributed by atoms with E-state index in [1.165, 1.54) is 28.7 Å². The largest absolute Gasteiger partial charge is 4.00 e. The van der Waals surface area contributed by atoms with E-state index in [1.807, 2.05) is 6.07 Å². The molecular weight excluding hydrogens is 525 g/mol. The molecule has 0 aromatic heterocycles. The average molecular weight is 559 g/mol. The van der Waals surface area contributed by atoms with Crippen LogP contribution >= 0.6 is 0 Å². The molecule has 28 heavy (non-hydrogen) atoms. The molecular formula is C24H34HfNOSi. The van der Waals surface area contributed by atoms with Gasteiger partial charge in [0.25, 0.3) is 0 Å². The minimum absolute atomic E-state index is 0. The molecule has 2 nitrogen and oxygen atoms in total. The molecule has 149 valence electrons. The van der Waals surface area contributed by atoms with Crippen LogP contribution in [0.25, 0.3) is 16.9 Å². The second-order valence-electron chi connectivity index (χ2n) is 6.67. The van der Waals surface area contributed by atoms with Gasteiger partial charge < -0.3 is 25.4 Å². The Morgan fingerprint density at radius 3 is 2.14 bits per heavy atom. The van der Waals surface area contributed by atoms with Crippen LogP contribution in [0.4, 0.5) is 0 Å². The van der Waals surface area contributed by atoms with Crippen molar-refractivity contribution in [1.29, 1.82) is 0 Å². The van der Waals surface area contributed by atoms with Crippen LogP contribution in [-0.4, -0.2) is 15.4 Å². The van der Waals surface area contributed by atoms with Gasteiger partial charge in [-0.05, 0) is 19.3 Å². The minimum Gasteiger partial charge on any atom is -0.668 e. The zero-order valence-electron chi connectivity index (χ0n) is 17.8. The van der Waals surface area contributed by atoms with E-state index in [-0.39, 0.29) is 52.5 Å². The molecule has 0 unspecified atom stereocenters. The maximum absolute atomic E-state index is 10.5. The van der Waals surface area contributed by atoms with Gasteiger partial charge in [-0.1, -0.05) is 67.7 Å². The molecule has 4 rings (SSSR count). The second kappa shape index (κ2) is 15.9. The van der Waals surface area contributed by atoms with Gasteiger partial charge in [-0.3, -0.25) is 0 Å². The van der Waals surface area contributed by atoms with Crippen LogP contribution in [-0.2, 0) is 37.1 Å². The van der Waals surface area contributed by atoms with Crippen LogP contribution < -0.4 is 0 Å². The monoisotopic (exact) mass is 560 g/mol. The molecule has 0 spiro atoms. The van der Waals surface area contributed by atoms with E-state index in [0.29, 0.717) is 0 Å². The Morgan fingerprint density at radius 1 is 1.00 bits per heavy atom. The van der Waals surface area contributed by atoms with E-state index in [4.69, 9.17) is 5.73 Å². The maximum Gasteiger partial charge on any atom is 4.00 e. The molecule has 4 heteroatoms. The molecule has 1 radical (unpaired) electrons. The first-order valence-corrected chi connectivity index (χ1v) is 11.6. The maximum atomic E-state index is 10.5. The fraction of sp³-hybridized carbons (Fsp3) is 0.375. The van der Waals surface area contributed by atoms with E-state index in [1.54, 1.807) is 0 Å². The van der Waals surface area contributed by atoms with Gasteiger partial charge in [-0.25, -0.2) is 0 Å². The predicted octanol–water partition coefficient (Wildman–Crippen LogP) is 6.62.